The summed E-state index contributed by atoms with van der Waals surface area (Å²) in [5.74, 6) is -0.270. The smallest absolute Gasteiger partial charge is 0.123 e. The first-order valence-corrected chi connectivity index (χ1v) is 6.91. The number of ether oxygens (including phenoxy) is 1. The third-order valence-corrected chi connectivity index (χ3v) is 3.60. The van der Waals surface area contributed by atoms with Crippen LogP contribution in [0.1, 0.15) is 17.0 Å². The molecule has 0 saturated heterocycles. The summed E-state index contributed by atoms with van der Waals surface area (Å²) < 4.78 is 19.6. The van der Waals surface area contributed by atoms with Gasteiger partial charge in [-0.05, 0) is 42.3 Å². The lowest BCUT2D eigenvalue weighted by molar-refractivity contribution is 0.406. The van der Waals surface area contributed by atoms with E-state index in [0.717, 1.165) is 10.0 Å². The minimum Gasteiger partial charge on any atom is -0.496 e. The molecule has 0 bridgehead atoms. The molecule has 0 spiro atoms. The van der Waals surface area contributed by atoms with Crippen LogP contribution in [0.2, 0.25) is 0 Å². The quantitative estimate of drug-likeness (QED) is 0.828. The molecule has 4 heteroatoms. The first-order valence-electron chi connectivity index (χ1n) is 6.11. The Hall–Kier alpha value is -1.86. The van der Waals surface area contributed by atoms with Gasteiger partial charge in [0.15, 0.2) is 0 Å². The average Bonchev–Trinajstić information content (AvgIpc) is 2.46. The molecule has 0 saturated carbocycles. The van der Waals surface area contributed by atoms with Crippen molar-refractivity contribution < 1.29 is 9.13 Å². The molecule has 0 aliphatic carbocycles. The molecule has 20 heavy (non-hydrogen) atoms. The molecule has 2 aromatic carbocycles. The Morgan fingerprint density at radius 2 is 1.95 bits per heavy atom. The first kappa shape index (κ1) is 14.5. The van der Waals surface area contributed by atoms with Gasteiger partial charge < -0.3 is 4.74 Å². The van der Waals surface area contributed by atoms with Gasteiger partial charge in [-0.25, -0.2) is 4.39 Å². The van der Waals surface area contributed by atoms with Crippen LogP contribution in [0.25, 0.3) is 0 Å². The molecular formula is C16H13BrFNO. The van der Waals surface area contributed by atoms with Crippen molar-refractivity contribution in [2.24, 2.45) is 0 Å². The predicted octanol–water partition coefficient (Wildman–Crippen LogP) is 4.45. The van der Waals surface area contributed by atoms with E-state index in [1.54, 1.807) is 6.07 Å². The van der Waals surface area contributed by atoms with E-state index in [2.05, 4.69) is 22.0 Å². The van der Waals surface area contributed by atoms with Crippen molar-refractivity contribution in [1.29, 1.82) is 5.26 Å². The fourth-order valence-electron chi connectivity index (χ4n) is 2.06. The second-order valence-electron chi connectivity index (χ2n) is 4.40. The molecule has 2 aromatic rings. The predicted molar refractivity (Wildman–Crippen MR) is 79.2 cm³/mol. The zero-order valence-electron chi connectivity index (χ0n) is 10.9. The van der Waals surface area contributed by atoms with E-state index in [1.807, 2.05) is 24.3 Å². The van der Waals surface area contributed by atoms with E-state index in [1.165, 1.54) is 19.2 Å². The second kappa shape index (κ2) is 6.53. The summed E-state index contributed by atoms with van der Waals surface area (Å²) in [5.41, 5.74) is 1.60. The van der Waals surface area contributed by atoms with E-state index < -0.39 is 5.92 Å². The van der Waals surface area contributed by atoms with Crippen LogP contribution in [0.4, 0.5) is 4.39 Å². The lowest BCUT2D eigenvalue weighted by Crippen LogP contribution is -2.03. The molecule has 1 unspecified atom stereocenters. The van der Waals surface area contributed by atoms with E-state index in [-0.39, 0.29) is 5.82 Å². The van der Waals surface area contributed by atoms with Crippen LogP contribution >= 0.6 is 15.9 Å². The Morgan fingerprint density at radius 3 is 2.55 bits per heavy atom. The molecule has 0 N–H and O–H groups in total. The molecule has 0 aromatic heterocycles. The summed E-state index contributed by atoms with van der Waals surface area (Å²) in [6, 6.07) is 14.2. The van der Waals surface area contributed by atoms with E-state index in [4.69, 9.17) is 4.74 Å². The lowest BCUT2D eigenvalue weighted by atomic mass is 9.92. The number of hydrogen-bond donors (Lipinski definition) is 0. The second-order valence-corrected chi connectivity index (χ2v) is 5.31. The molecule has 0 aliphatic heterocycles. The summed E-state index contributed by atoms with van der Waals surface area (Å²) in [6.07, 6.45) is 0.517. The van der Waals surface area contributed by atoms with Gasteiger partial charge in [0.05, 0.1) is 19.1 Å². The number of rotatable bonds is 4. The standard InChI is InChI=1S/C16H13BrFNO/c1-20-16-7-6-14(18)9-15(16)12(10-19)8-11-2-4-13(17)5-3-11/h2-7,9,12H,8H2,1H3. The highest BCUT2D eigenvalue weighted by molar-refractivity contribution is 9.10. The average molecular weight is 334 g/mol. The highest BCUT2D eigenvalue weighted by Crippen LogP contribution is 2.30. The Bertz CT molecular complexity index is 634. The molecule has 2 rings (SSSR count). The monoisotopic (exact) mass is 333 g/mol. The summed E-state index contributed by atoms with van der Waals surface area (Å²) in [7, 11) is 1.52. The number of methoxy groups -OCH3 is 1. The normalized spacial score (nSPS) is 11.7. The Labute approximate surface area is 125 Å². The van der Waals surface area contributed by atoms with Gasteiger partial charge >= 0.3 is 0 Å². The molecule has 1 atom stereocenters. The number of nitriles is 1. The summed E-state index contributed by atoms with van der Waals surface area (Å²) >= 11 is 3.37. The van der Waals surface area contributed by atoms with Crippen molar-refractivity contribution in [2.45, 2.75) is 12.3 Å². The minimum atomic E-state index is -0.443. The maximum Gasteiger partial charge on any atom is 0.123 e. The summed E-state index contributed by atoms with van der Waals surface area (Å²) in [5, 5.41) is 9.37. The SMILES string of the molecule is COc1ccc(F)cc1C(C#N)Cc1ccc(Br)cc1. The maximum atomic E-state index is 13.4. The van der Waals surface area contributed by atoms with Crippen molar-refractivity contribution in [3.63, 3.8) is 0 Å². The van der Waals surface area contributed by atoms with Gasteiger partial charge in [0.1, 0.15) is 11.6 Å². The van der Waals surface area contributed by atoms with Gasteiger partial charge in [-0.1, -0.05) is 28.1 Å². The van der Waals surface area contributed by atoms with Gasteiger partial charge in [-0.2, -0.15) is 5.26 Å². The number of hydrogen-bond acceptors (Lipinski definition) is 2. The van der Waals surface area contributed by atoms with Gasteiger partial charge in [-0.3, -0.25) is 0 Å². The zero-order valence-corrected chi connectivity index (χ0v) is 12.5. The molecule has 0 aliphatic rings. The minimum absolute atomic E-state index is 0.364. The third-order valence-electron chi connectivity index (χ3n) is 3.08. The van der Waals surface area contributed by atoms with E-state index >= 15 is 0 Å². The zero-order chi connectivity index (χ0) is 14.5. The van der Waals surface area contributed by atoms with Crippen LogP contribution in [0, 0.1) is 17.1 Å². The molecule has 0 heterocycles. The Morgan fingerprint density at radius 1 is 1.25 bits per heavy atom. The molecule has 0 fully saturated rings. The van der Waals surface area contributed by atoms with Crippen molar-refractivity contribution in [1.82, 2.24) is 0 Å². The summed E-state index contributed by atoms with van der Waals surface area (Å²) in [4.78, 5) is 0. The van der Waals surface area contributed by atoms with Crippen LogP contribution in [0.15, 0.2) is 46.9 Å². The van der Waals surface area contributed by atoms with E-state index in [0.29, 0.717) is 17.7 Å². The largest absolute Gasteiger partial charge is 0.496 e. The molecule has 0 amide bonds. The van der Waals surface area contributed by atoms with Crippen LogP contribution in [0.3, 0.4) is 0 Å². The van der Waals surface area contributed by atoms with Crippen LogP contribution in [-0.2, 0) is 6.42 Å². The number of nitrogens with zero attached hydrogens (tertiary/aromatic N) is 1. The van der Waals surface area contributed by atoms with Gasteiger partial charge in [0, 0.05) is 10.0 Å². The fourth-order valence-corrected chi connectivity index (χ4v) is 2.32. The molecule has 2 nitrogen and oxygen atoms in total. The highest BCUT2D eigenvalue weighted by Gasteiger charge is 2.17. The van der Waals surface area contributed by atoms with Gasteiger partial charge in [0.2, 0.25) is 0 Å². The molecule has 0 radical (unpaired) electrons. The molecule has 102 valence electrons. The van der Waals surface area contributed by atoms with Crippen molar-refractivity contribution in [3.8, 4) is 11.8 Å². The fraction of sp³-hybridized carbons (Fsp3) is 0.188. The van der Waals surface area contributed by atoms with Crippen LogP contribution in [-0.4, -0.2) is 7.11 Å². The Balaban J connectivity index is 2.31. The van der Waals surface area contributed by atoms with Crippen molar-refractivity contribution in [3.05, 3.63) is 63.9 Å². The maximum absolute atomic E-state index is 13.4. The number of benzene rings is 2. The first-order chi connectivity index (χ1) is 9.63. The van der Waals surface area contributed by atoms with Gasteiger partial charge in [-0.15, -0.1) is 0 Å². The summed E-state index contributed by atoms with van der Waals surface area (Å²) in [6.45, 7) is 0. The van der Waals surface area contributed by atoms with Crippen molar-refractivity contribution >= 4 is 15.9 Å². The van der Waals surface area contributed by atoms with Crippen LogP contribution in [0.5, 0.6) is 5.75 Å². The number of halogens is 2. The lowest BCUT2D eigenvalue weighted by Gasteiger charge is -2.14. The van der Waals surface area contributed by atoms with E-state index in [9.17, 15) is 9.65 Å². The topological polar surface area (TPSA) is 33.0 Å². The molecular weight excluding hydrogens is 321 g/mol. The van der Waals surface area contributed by atoms with Gasteiger partial charge in [0.25, 0.3) is 0 Å². The van der Waals surface area contributed by atoms with Crippen LogP contribution < -0.4 is 4.74 Å². The highest BCUT2D eigenvalue weighted by atomic mass is 79.9. The Kier molecular flexibility index (Phi) is 4.75. The third kappa shape index (κ3) is 3.37. The van der Waals surface area contributed by atoms with Crippen molar-refractivity contribution in [2.75, 3.05) is 7.11 Å².